The average Bonchev–Trinajstić information content (AvgIpc) is 3.31. The largest absolute Gasteiger partial charge is 0.478 e. The fraction of sp³-hybridized carbons (Fsp3) is 0.0500. The fourth-order valence-corrected chi connectivity index (χ4v) is 4.27. The number of halogens is 3. The molecule has 30 heavy (non-hydrogen) atoms. The molecular weight excluding hydrogens is 482 g/mol. The van der Waals surface area contributed by atoms with Crippen LogP contribution in [0.3, 0.4) is 0 Å². The second-order valence-electron chi connectivity index (χ2n) is 6.28. The lowest BCUT2D eigenvalue weighted by molar-refractivity contribution is 0.0699. The van der Waals surface area contributed by atoms with E-state index in [9.17, 15) is 23.5 Å². The van der Waals surface area contributed by atoms with Gasteiger partial charge in [0.15, 0.2) is 17.2 Å². The van der Waals surface area contributed by atoms with Crippen molar-refractivity contribution in [3.8, 4) is 11.1 Å². The van der Waals surface area contributed by atoms with Crippen LogP contribution in [0.1, 0.15) is 26.6 Å². The molecule has 0 fully saturated rings. The van der Waals surface area contributed by atoms with Crippen molar-refractivity contribution in [1.29, 1.82) is 0 Å². The highest BCUT2D eigenvalue weighted by Gasteiger charge is 2.26. The van der Waals surface area contributed by atoms with Crippen molar-refractivity contribution in [3.05, 3.63) is 68.8 Å². The summed E-state index contributed by atoms with van der Waals surface area (Å²) in [5.41, 5.74) is 0.298. The van der Waals surface area contributed by atoms with Gasteiger partial charge in [-0.1, -0.05) is 18.2 Å². The number of benzene rings is 2. The minimum Gasteiger partial charge on any atom is -0.478 e. The van der Waals surface area contributed by atoms with Gasteiger partial charge in [0, 0.05) is 16.5 Å². The monoisotopic (exact) mass is 492 g/mol. The Labute approximate surface area is 180 Å². The lowest BCUT2D eigenvalue weighted by atomic mass is 10.0. The first kappa shape index (κ1) is 20.2. The van der Waals surface area contributed by atoms with Crippen LogP contribution in [0, 0.1) is 18.6 Å². The van der Waals surface area contributed by atoms with Crippen molar-refractivity contribution in [1.82, 2.24) is 4.98 Å². The number of rotatable bonds is 4. The van der Waals surface area contributed by atoms with E-state index in [0.717, 1.165) is 11.3 Å². The van der Waals surface area contributed by atoms with E-state index >= 15 is 0 Å². The standard InChI is InChI=1S/C20H11BrF2N2O4S/c1-8-5-6-9(15(23)14(8)22)10-7-30-19(13(10)20(27)28)25-17(26)18-24-12-4-2-3-11(21)16(12)29-18/h2-7H,1H3,(H,25,26)(H,27,28). The molecule has 6 nitrogen and oxygen atoms in total. The van der Waals surface area contributed by atoms with Crippen molar-refractivity contribution in [3.63, 3.8) is 0 Å². The van der Waals surface area contributed by atoms with Crippen LogP contribution in [0.5, 0.6) is 0 Å². The topological polar surface area (TPSA) is 92.4 Å². The molecule has 0 aliphatic rings. The number of nitrogens with one attached hydrogen (secondary N) is 1. The van der Waals surface area contributed by atoms with Crippen molar-refractivity contribution >= 4 is 55.2 Å². The Morgan fingerprint density at radius 2 is 1.93 bits per heavy atom. The van der Waals surface area contributed by atoms with Gasteiger partial charge >= 0.3 is 11.9 Å². The van der Waals surface area contributed by atoms with E-state index in [1.54, 1.807) is 18.2 Å². The van der Waals surface area contributed by atoms with Gasteiger partial charge in [0.25, 0.3) is 5.89 Å². The molecule has 0 spiro atoms. The maximum Gasteiger partial charge on any atom is 0.339 e. The summed E-state index contributed by atoms with van der Waals surface area (Å²) in [6, 6.07) is 7.75. The number of carboxylic acid groups (broad SMARTS) is 1. The number of fused-ring (bicyclic) bond motifs is 1. The summed E-state index contributed by atoms with van der Waals surface area (Å²) >= 11 is 4.17. The number of aryl methyl sites for hydroxylation is 1. The molecule has 0 bridgehead atoms. The number of hydrogen-bond donors (Lipinski definition) is 2. The summed E-state index contributed by atoms with van der Waals surface area (Å²) in [4.78, 5) is 28.5. The lowest BCUT2D eigenvalue weighted by Crippen LogP contribution is -2.14. The first-order valence-corrected chi connectivity index (χ1v) is 10.1. The molecule has 2 aromatic heterocycles. The van der Waals surface area contributed by atoms with Crippen LogP contribution in [0.25, 0.3) is 22.2 Å². The van der Waals surface area contributed by atoms with E-state index in [1.807, 2.05) is 0 Å². The highest BCUT2D eigenvalue weighted by Crippen LogP contribution is 2.38. The maximum atomic E-state index is 14.4. The molecule has 152 valence electrons. The number of nitrogens with zero attached hydrogens (tertiary/aromatic N) is 1. The molecule has 0 atom stereocenters. The van der Waals surface area contributed by atoms with Crippen LogP contribution in [-0.2, 0) is 0 Å². The number of carboxylic acids is 1. The number of anilines is 1. The molecule has 10 heteroatoms. The summed E-state index contributed by atoms with van der Waals surface area (Å²) in [5.74, 6) is -4.66. The SMILES string of the molecule is Cc1ccc(-c2csc(NC(=O)c3nc4cccc(Br)c4o3)c2C(=O)O)c(F)c1F. The van der Waals surface area contributed by atoms with Gasteiger partial charge in [-0.25, -0.2) is 18.6 Å². The van der Waals surface area contributed by atoms with Gasteiger partial charge in [-0.2, -0.15) is 0 Å². The van der Waals surface area contributed by atoms with Gasteiger partial charge < -0.3 is 14.8 Å². The van der Waals surface area contributed by atoms with E-state index in [2.05, 4.69) is 26.2 Å². The maximum absolute atomic E-state index is 14.4. The number of aromatic nitrogens is 1. The van der Waals surface area contributed by atoms with Gasteiger partial charge in [-0.05, 0) is 40.5 Å². The smallest absolute Gasteiger partial charge is 0.339 e. The number of oxazole rings is 1. The normalized spacial score (nSPS) is 11.1. The molecule has 0 radical (unpaired) electrons. The first-order valence-electron chi connectivity index (χ1n) is 8.44. The predicted octanol–water partition coefficient (Wildman–Crippen LogP) is 5.86. The van der Waals surface area contributed by atoms with Crippen molar-refractivity contribution in [2.45, 2.75) is 6.92 Å². The Balaban J connectivity index is 1.73. The molecule has 0 aliphatic heterocycles. The van der Waals surface area contributed by atoms with Crippen LogP contribution < -0.4 is 5.32 Å². The Kier molecular flexibility index (Phi) is 5.12. The molecular formula is C20H11BrF2N2O4S. The van der Waals surface area contributed by atoms with Gasteiger partial charge in [-0.3, -0.25) is 4.79 Å². The number of thiophene rings is 1. The molecule has 0 unspecified atom stereocenters. The minimum atomic E-state index is -1.40. The lowest BCUT2D eigenvalue weighted by Gasteiger charge is -2.07. The molecule has 4 aromatic rings. The van der Waals surface area contributed by atoms with E-state index in [-0.39, 0.29) is 33.1 Å². The number of amides is 1. The Bertz CT molecular complexity index is 1330. The Morgan fingerprint density at radius 3 is 2.63 bits per heavy atom. The second-order valence-corrected chi connectivity index (χ2v) is 8.01. The minimum absolute atomic E-state index is 0.0421. The molecule has 0 aliphatic carbocycles. The highest BCUT2D eigenvalue weighted by molar-refractivity contribution is 9.10. The van der Waals surface area contributed by atoms with Crippen LogP contribution in [-0.4, -0.2) is 22.0 Å². The van der Waals surface area contributed by atoms with Crippen molar-refractivity contribution in [2.24, 2.45) is 0 Å². The van der Waals surface area contributed by atoms with E-state index < -0.39 is 23.5 Å². The van der Waals surface area contributed by atoms with E-state index in [0.29, 0.717) is 15.6 Å². The summed E-state index contributed by atoms with van der Waals surface area (Å²) in [6.07, 6.45) is 0. The van der Waals surface area contributed by atoms with Gasteiger partial charge in [0.05, 0.1) is 4.47 Å². The van der Waals surface area contributed by atoms with E-state index in [4.69, 9.17) is 4.42 Å². The molecule has 2 heterocycles. The zero-order valence-electron chi connectivity index (χ0n) is 15.1. The Morgan fingerprint density at radius 1 is 1.17 bits per heavy atom. The van der Waals surface area contributed by atoms with Crippen LogP contribution in [0.2, 0.25) is 0 Å². The molecule has 4 rings (SSSR count). The zero-order chi connectivity index (χ0) is 21.6. The van der Waals surface area contributed by atoms with Gasteiger partial charge in [-0.15, -0.1) is 11.3 Å². The predicted molar refractivity (Wildman–Crippen MR) is 111 cm³/mol. The van der Waals surface area contributed by atoms with Crippen molar-refractivity contribution < 1.29 is 27.9 Å². The third-order valence-electron chi connectivity index (χ3n) is 4.36. The van der Waals surface area contributed by atoms with Crippen LogP contribution in [0.15, 0.2) is 44.6 Å². The zero-order valence-corrected chi connectivity index (χ0v) is 17.5. The first-order chi connectivity index (χ1) is 14.3. The van der Waals surface area contributed by atoms with Crippen LogP contribution in [0.4, 0.5) is 13.8 Å². The third kappa shape index (κ3) is 3.37. The van der Waals surface area contributed by atoms with Gasteiger partial charge in [0.1, 0.15) is 16.1 Å². The number of carbonyl (C=O) groups is 2. The number of carbonyl (C=O) groups excluding carboxylic acids is 1. The Hall–Kier alpha value is -3.11. The van der Waals surface area contributed by atoms with Crippen molar-refractivity contribution in [2.75, 3.05) is 5.32 Å². The van der Waals surface area contributed by atoms with E-state index in [1.165, 1.54) is 24.4 Å². The highest BCUT2D eigenvalue weighted by atomic mass is 79.9. The molecule has 1 amide bonds. The van der Waals surface area contributed by atoms with Crippen LogP contribution >= 0.6 is 27.3 Å². The summed E-state index contributed by atoms with van der Waals surface area (Å²) in [7, 11) is 0. The quantitative estimate of drug-likeness (QED) is 0.372. The molecule has 2 aromatic carbocycles. The molecule has 0 saturated carbocycles. The number of hydrogen-bond acceptors (Lipinski definition) is 5. The third-order valence-corrected chi connectivity index (χ3v) is 5.88. The number of para-hydroxylation sites is 1. The summed E-state index contributed by atoms with van der Waals surface area (Å²) in [6.45, 7) is 1.40. The second kappa shape index (κ2) is 7.62. The average molecular weight is 493 g/mol. The van der Waals surface area contributed by atoms with Gasteiger partial charge in [0.2, 0.25) is 0 Å². The number of aromatic carboxylic acids is 1. The summed E-state index contributed by atoms with van der Waals surface area (Å²) in [5, 5.41) is 13.4. The fourth-order valence-electron chi connectivity index (χ4n) is 2.88. The summed E-state index contributed by atoms with van der Waals surface area (Å²) < 4.78 is 34.4. The molecule has 2 N–H and O–H groups in total. The molecule has 0 saturated heterocycles.